The molecule has 0 aromatic carbocycles. The molecule has 2 N–H and O–H groups in total. The fourth-order valence-corrected chi connectivity index (χ4v) is 3.00. The van der Waals surface area contributed by atoms with Gasteiger partial charge in [-0.25, -0.2) is 0 Å². The monoisotopic (exact) mass is 202 g/mol. The predicted molar refractivity (Wildman–Crippen MR) is 60.2 cm³/mol. The molecule has 15 heavy (non-hydrogen) atoms. The van der Waals surface area contributed by atoms with Crippen molar-refractivity contribution in [1.29, 1.82) is 0 Å². The van der Waals surface area contributed by atoms with E-state index in [4.69, 9.17) is 5.73 Å². The average molecular weight is 202 g/mol. The number of aromatic nitrogens is 1. The lowest BCUT2D eigenvalue weighted by atomic mass is 9.91. The summed E-state index contributed by atoms with van der Waals surface area (Å²) in [5.41, 5.74) is 8.58. The van der Waals surface area contributed by atoms with Crippen LogP contribution in [0, 0.1) is 24.7 Å². The van der Waals surface area contributed by atoms with Gasteiger partial charge in [-0.05, 0) is 55.6 Å². The zero-order valence-corrected chi connectivity index (χ0v) is 9.19. The largest absolute Gasteiger partial charge is 0.324 e. The second-order valence-corrected chi connectivity index (χ2v) is 5.25. The molecule has 0 radical (unpaired) electrons. The van der Waals surface area contributed by atoms with Crippen LogP contribution in [0.15, 0.2) is 18.3 Å². The second-order valence-electron chi connectivity index (χ2n) is 5.25. The van der Waals surface area contributed by atoms with E-state index in [1.807, 2.05) is 13.1 Å². The molecule has 2 aliphatic carbocycles. The van der Waals surface area contributed by atoms with Gasteiger partial charge in [-0.15, -0.1) is 0 Å². The Labute approximate surface area is 90.9 Å². The minimum atomic E-state index is 0.214. The van der Waals surface area contributed by atoms with Gasteiger partial charge in [0.15, 0.2) is 0 Å². The van der Waals surface area contributed by atoms with Gasteiger partial charge in [-0.1, -0.05) is 6.07 Å². The van der Waals surface area contributed by atoms with E-state index in [0.29, 0.717) is 5.92 Å². The first-order valence-electron chi connectivity index (χ1n) is 5.92. The fourth-order valence-electron chi connectivity index (χ4n) is 3.00. The van der Waals surface area contributed by atoms with Gasteiger partial charge in [0.1, 0.15) is 0 Å². The maximum atomic E-state index is 6.29. The van der Waals surface area contributed by atoms with Crippen molar-refractivity contribution in [3.8, 4) is 0 Å². The molecule has 1 heterocycles. The van der Waals surface area contributed by atoms with Crippen molar-refractivity contribution >= 4 is 0 Å². The van der Waals surface area contributed by atoms with Crippen molar-refractivity contribution in [3.05, 3.63) is 29.6 Å². The molecule has 3 unspecified atom stereocenters. The highest BCUT2D eigenvalue weighted by atomic mass is 14.7. The van der Waals surface area contributed by atoms with Gasteiger partial charge in [-0.2, -0.15) is 0 Å². The number of rotatable bonds is 2. The molecular formula is C13H18N2. The Balaban J connectivity index is 1.73. The molecule has 0 aliphatic heterocycles. The van der Waals surface area contributed by atoms with Crippen LogP contribution in [0.1, 0.15) is 36.6 Å². The van der Waals surface area contributed by atoms with Crippen molar-refractivity contribution in [2.75, 3.05) is 0 Å². The molecule has 1 aromatic rings. The molecule has 3 rings (SSSR count). The number of pyridine rings is 1. The first-order valence-corrected chi connectivity index (χ1v) is 5.92. The minimum absolute atomic E-state index is 0.214. The van der Waals surface area contributed by atoms with Crippen LogP contribution >= 0.6 is 0 Å². The van der Waals surface area contributed by atoms with Crippen LogP contribution in [0.2, 0.25) is 0 Å². The molecule has 2 aliphatic rings. The van der Waals surface area contributed by atoms with E-state index >= 15 is 0 Å². The molecule has 1 aromatic heterocycles. The van der Waals surface area contributed by atoms with Gasteiger partial charge in [0.2, 0.25) is 0 Å². The molecule has 3 atom stereocenters. The first-order chi connectivity index (χ1) is 7.24. The van der Waals surface area contributed by atoms with Crippen LogP contribution in [0.25, 0.3) is 0 Å². The number of hydrogen-bond acceptors (Lipinski definition) is 2. The zero-order valence-electron chi connectivity index (χ0n) is 9.19. The quantitative estimate of drug-likeness (QED) is 0.800. The average Bonchev–Trinajstić information content (AvgIpc) is 2.86. The molecule has 2 fully saturated rings. The maximum Gasteiger partial charge on any atom is 0.0372 e. The number of hydrogen-bond donors (Lipinski definition) is 1. The van der Waals surface area contributed by atoms with E-state index in [0.717, 1.165) is 17.5 Å². The van der Waals surface area contributed by atoms with Crippen molar-refractivity contribution in [1.82, 2.24) is 4.98 Å². The molecular weight excluding hydrogens is 184 g/mol. The lowest BCUT2D eigenvalue weighted by molar-refractivity contribution is 0.403. The van der Waals surface area contributed by atoms with Crippen LogP contribution in [0.3, 0.4) is 0 Å². The molecule has 0 bridgehead atoms. The lowest BCUT2D eigenvalue weighted by Gasteiger charge is -2.20. The summed E-state index contributed by atoms with van der Waals surface area (Å²) in [6, 6.07) is 4.41. The van der Waals surface area contributed by atoms with Gasteiger partial charge in [0, 0.05) is 17.9 Å². The number of nitrogens with zero attached hydrogens (tertiary/aromatic N) is 1. The topological polar surface area (TPSA) is 38.9 Å². The van der Waals surface area contributed by atoms with Gasteiger partial charge in [-0.3, -0.25) is 4.98 Å². The maximum absolute atomic E-state index is 6.29. The Morgan fingerprint density at radius 1 is 1.27 bits per heavy atom. The molecule has 2 heteroatoms. The van der Waals surface area contributed by atoms with E-state index in [9.17, 15) is 0 Å². The van der Waals surface area contributed by atoms with Crippen LogP contribution < -0.4 is 5.73 Å². The summed E-state index contributed by atoms with van der Waals surface area (Å²) in [4.78, 5) is 4.32. The summed E-state index contributed by atoms with van der Waals surface area (Å²) < 4.78 is 0. The lowest BCUT2D eigenvalue weighted by Crippen LogP contribution is -2.20. The van der Waals surface area contributed by atoms with Crippen molar-refractivity contribution in [2.45, 2.75) is 32.2 Å². The second kappa shape index (κ2) is 3.31. The first kappa shape index (κ1) is 9.34. The van der Waals surface area contributed by atoms with Gasteiger partial charge in [0.05, 0.1) is 0 Å². The summed E-state index contributed by atoms with van der Waals surface area (Å²) in [6.07, 6.45) is 6.11. The van der Waals surface area contributed by atoms with Crippen molar-refractivity contribution in [3.63, 3.8) is 0 Å². The summed E-state index contributed by atoms with van der Waals surface area (Å²) in [5, 5.41) is 0. The van der Waals surface area contributed by atoms with Crippen molar-refractivity contribution < 1.29 is 0 Å². The van der Waals surface area contributed by atoms with Gasteiger partial charge < -0.3 is 5.73 Å². The summed E-state index contributed by atoms with van der Waals surface area (Å²) in [7, 11) is 0. The van der Waals surface area contributed by atoms with Crippen LogP contribution in [0.4, 0.5) is 0 Å². The third-order valence-electron chi connectivity index (χ3n) is 4.11. The van der Waals surface area contributed by atoms with E-state index in [1.165, 1.54) is 24.8 Å². The van der Waals surface area contributed by atoms with Crippen LogP contribution in [-0.2, 0) is 0 Å². The molecule has 80 valence electrons. The highest BCUT2D eigenvalue weighted by Gasteiger charge is 2.47. The number of fused-ring (bicyclic) bond motifs is 1. The summed E-state index contributed by atoms with van der Waals surface area (Å²) in [6.45, 7) is 2.01. The standard InChI is InChI=1S/C13H18N2/c1-8-2-3-9(7-15-8)13(14)12-5-10-4-11(10)6-12/h2-3,7,10-13H,4-6,14H2,1H3. The zero-order chi connectivity index (χ0) is 10.4. The molecule has 0 saturated heterocycles. The Kier molecular flexibility index (Phi) is 2.06. The van der Waals surface area contributed by atoms with E-state index in [2.05, 4.69) is 17.1 Å². The smallest absolute Gasteiger partial charge is 0.0372 e. The molecule has 0 amide bonds. The number of nitrogens with two attached hydrogens (primary N) is 1. The summed E-state index contributed by atoms with van der Waals surface area (Å²) in [5.74, 6) is 2.73. The fraction of sp³-hybridized carbons (Fsp3) is 0.615. The Hall–Kier alpha value is -0.890. The highest BCUT2D eigenvalue weighted by Crippen LogP contribution is 2.56. The normalized spacial score (nSPS) is 34.9. The van der Waals surface area contributed by atoms with Crippen molar-refractivity contribution in [2.24, 2.45) is 23.5 Å². The van der Waals surface area contributed by atoms with Gasteiger partial charge in [0.25, 0.3) is 0 Å². The Bertz CT molecular complexity index is 347. The predicted octanol–water partition coefficient (Wildman–Crippen LogP) is 2.44. The Morgan fingerprint density at radius 2 is 2.00 bits per heavy atom. The molecule has 2 saturated carbocycles. The van der Waals surface area contributed by atoms with Crippen LogP contribution in [0.5, 0.6) is 0 Å². The van der Waals surface area contributed by atoms with E-state index < -0.39 is 0 Å². The Morgan fingerprint density at radius 3 is 2.60 bits per heavy atom. The SMILES string of the molecule is Cc1ccc(C(N)C2CC3CC3C2)cn1. The van der Waals surface area contributed by atoms with Crippen LogP contribution in [-0.4, -0.2) is 4.98 Å². The minimum Gasteiger partial charge on any atom is -0.324 e. The highest BCUT2D eigenvalue weighted by molar-refractivity contribution is 5.18. The molecule has 2 nitrogen and oxygen atoms in total. The van der Waals surface area contributed by atoms with E-state index in [-0.39, 0.29) is 6.04 Å². The van der Waals surface area contributed by atoms with Gasteiger partial charge >= 0.3 is 0 Å². The van der Waals surface area contributed by atoms with E-state index in [1.54, 1.807) is 0 Å². The summed E-state index contributed by atoms with van der Waals surface area (Å²) >= 11 is 0. The third kappa shape index (κ3) is 1.67. The number of aryl methyl sites for hydroxylation is 1. The third-order valence-corrected chi connectivity index (χ3v) is 4.11. The molecule has 0 spiro atoms.